The maximum atomic E-state index is 5.44. The third-order valence-corrected chi connectivity index (χ3v) is 1.33. The Morgan fingerprint density at radius 3 is 3.08 bits per heavy atom. The zero-order valence-electron chi connectivity index (χ0n) is 7.45. The van der Waals surface area contributed by atoms with Gasteiger partial charge in [-0.2, -0.15) is 9.97 Å². The number of aromatic nitrogens is 2. The first-order chi connectivity index (χ1) is 6.26. The second-order valence-electron chi connectivity index (χ2n) is 2.30. The van der Waals surface area contributed by atoms with Gasteiger partial charge in [0.05, 0.1) is 0 Å². The molecule has 1 rings (SSSR count). The predicted octanol–water partition coefficient (Wildman–Crippen LogP) is 0.665. The largest absolute Gasteiger partial charge is 0.473 e. The Kier molecular flexibility index (Phi) is 3.08. The molecular formula is C8H12N4O. The van der Waals surface area contributed by atoms with Gasteiger partial charge in [0.2, 0.25) is 11.8 Å². The molecule has 0 aromatic carbocycles. The van der Waals surface area contributed by atoms with Crippen molar-refractivity contribution in [2.45, 2.75) is 0 Å². The summed E-state index contributed by atoms with van der Waals surface area (Å²) >= 11 is 0. The lowest BCUT2D eigenvalue weighted by Crippen LogP contribution is -2.03. The fourth-order valence-electron chi connectivity index (χ4n) is 0.789. The highest BCUT2D eigenvalue weighted by Crippen LogP contribution is 2.13. The van der Waals surface area contributed by atoms with Crippen molar-refractivity contribution in [2.24, 2.45) is 0 Å². The van der Waals surface area contributed by atoms with Gasteiger partial charge in [-0.3, -0.25) is 0 Å². The summed E-state index contributed by atoms with van der Waals surface area (Å²) in [6.45, 7) is 3.93. The van der Waals surface area contributed by atoms with Gasteiger partial charge in [-0.15, -0.1) is 0 Å². The molecule has 0 spiro atoms. The first-order valence-electron chi connectivity index (χ1n) is 3.82. The smallest absolute Gasteiger partial charge is 0.225 e. The van der Waals surface area contributed by atoms with Gasteiger partial charge in [-0.05, 0) is 0 Å². The standard InChI is InChI=1S/C8H12N4O/c1-3-4-13-7-5-6(10-2)11-8(9)12-7/h3,5H,1,4H2,2H3,(H3,9,10,11,12). The lowest BCUT2D eigenvalue weighted by molar-refractivity contribution is 0.349. The fourth-order valence-corrected chi connectivity index (χ4v) is 0.789. The topological polar surface area (TPSA) is 73.1 Å². The quantitative estimate of drug-likeness (QED) is 0.666. The molecule has 1 aromatic rings. The maximum absolute atomic E-state index is 5.44. The molecule has 1 aromatic heterocycles. The molecule has 0 saturated heterocycles. The van der Waals surface area contributed by atoms with Crippen LogP contribution in [0, 0.1) is 0 Å². The number of nitrogens with zero attached hydrogens (tertiary/aromatic N) is 2. The highest BCUT2D eigenvalue weighted by atomic mass is 16.5. The van der Waals surface area contributed by atoms with Crippen LogP contribution in [0.25, 0.3) is 0 Å². The van der Waals surface area contributed by atoms with Crippen molar-refractivity contribution < 1.29 is 4.74 Å². The second kappa shape index (κ2) is 4.30. The summed E-state index contributed by atoms with van der Waals surface area (Å²) < 4.78 is 5.19. The molecule has 0 unspecified atom stereocenters. The number of nitrogen functional groups attached to an aromatic ring is 1. The Morgan fingerprint density at radius 2 is 2.46 bits per heavy atom. The molecule has 0 amide bonds. The number of nitrogens with one attached hydrogen (secondary N) is 1. The van der Waals surface area contributed by atoms with E-state index in [1.807, 2.05) is 0 Å². The molecule has 13 heavy (non-hydrogen) atoms. The minimum absolute atomic E-state index is 0.186. The van der Waals surface area contributed by atoms with Crippen LogP contribution in [0.4, 0.5) is 11.8 Å². The predicted molar refractivity (Wildman–Crippen MR) is 51.7 cm³/mol. The van der Waals surface area contributed by atoms with Crippen LogP contribution in [0.1, 0.15) is 0 Å². The molecule has 0 aliphatic rings. The lowest BCUT2D eigenvalue weighted by atomic mass is 10.5. The van der Waals surface area contributed by atoms with E-state index in [-0.39, 0.29) is 5.95 Å². The van der Waals surface area contributed by atoms with E-state index in [2.05, 4.69) is 21.9 Å². The SMILES string of the molecule is C=CCOc1cc(NC)nc(N)n1. The molecule has 5 heteroatoms. The van der Waals surface area contributed by atoms with Crippen LogP contribution < -0.4 is 15.8 Å². The van der Waals surface area contributed by atoms with E-state index in [1.54, 1.807) is 19.2 Å². The zero-order chi connectivity index (χ0) is 9.68. The average molecular weight is 180 g/mol. The number of ether oxygens (including phenoxy) is 1. The van der Waals surface area contributed by atoms with Gasteiger partial charge in [0.25, 0.3) is 0 Å². The number of hydrogen-bond acceptors (Lipinski definition) is 5. The summed E-state index contributed by atoms with van der Waals surface area (Å²) in [6, 6.07) is 1.67. The Bertz CT molecular complexity index is 300. The summed E-state index contributed by atoms with van der Waals surface area (Å²) in [7, 11) is 1.75. The van der Waals surface area contributed by atoms with Gasteiger partial charge < -0.3 is 15.8 Å². The van der Waals surface area contributed by atoms with Gasteiger partial charge in [-0.25, -0.2) is 0 Å². The van der Waals surface area contributed by atoms with Crippen LogP contribution in [0.3, 0.4) is 0 Å². The minimum atomic E-state index is 0.186. The first-order valence-corrected chi connectivity index (χ1v) is 3.82. The van der Waals surface area contributed by atoms with Crippen LogP contribution in [0.15, 0.2) is 18.7 Å². The lowest BCUT2D eigenvalue weighted by Gasteiger charge is -2.04. The second-order valence-corrected chi connectivity index (χ2v) is 2.30. The summed E-state index contributed by atoms with van der Waals surface area (Å²) in [6.07, 6.45) is 1.64. The summed E-state index contributed by atoms with van der Waals surface area (Å²) in [5.41, 5.74) is 5.44. The normalized spacial score (nSPS) is 9.31. The first kappa shape index (κ1) is 9.31. The van der Waals surface area contributed by atoms with Crippen LogP contribution in [0.5, 0.6) is 5.88 Å². The molecule has 0 saturated carbocycles. The van der Waals surface area contributed by atoms with Crippen molar-refractivity contribution in [3.8, 4) is 5.88 Å². The van der Waals surface area contributed by atoms with E-state index in [0.29, 0.717) is 18.3 Å². The molecule has 1 heterocycles. The maximum Gasteiger partial charge on any atom is 0.225 e. The molecule has 70 valence electrons. The van der Waals surface area contributed by atoms with E-state index in [4.69, 9.17) is 10.5 Å². The molecule has 0 aliphatic carbocycles. The summed E-state index contributed by atoms with van der Waals surface area (Å²) in [5, 5.41) is 2.85. The minimum Gasteiger partial charge on any atom is -0.473 e. The summed E-state index contributed by atoms with van der Waals surface area (Å²) in [4.78, 5) is 7.79. The van der Waals surface area contributed by atoms with Gasteiger partial charge in [-0.1, -0.05) is 12.7 Å². The molecule has 5 nitrogen and oxygen atoms in total. The van der Waals surface area contributed by atoms with Crippen molar-refractivity contribution in [1.29, 1.82) is 0 Å². The molecule has 0 fully saturated rings. The highest BCUT2D eigenvalue weighted by Gasteiger charge is 2.00. The molecule has 0 aliphatic heterocycles. The van der Waals surface area contributed by atoms with E-state index < -0.39 is 0 Å². The molecular weight excluding hydrogens is 168 g/mol. The molecule has 0 bridgehead atoms. The highest BCUT2D eigenvalue weighted by molar-refractivity contribution is 5.42. The zero-order valence-corrected chi connectivity index (χ0v) is 7.45. The van der Waals surface area contributed by atoms with Crippen LogP contribution >= 0.6 is 0 Å². The van der Waals surface area contributed by atoms with Gasteiger partial charge in [0.15, 0.2) is 0 Å². The van der Waals surface area contributed by atoms with Crippen molar-refractivity contribution in [2.75, 3.05) is 24.7 Å². The van der Waals surface area contributed by atoms with E-state index >= 15 is 0 Å². The molecule has 3 N–H and O–H groups in total. The Hall–Kier alpha value is -1.78. The van der Waals surface area contributed by atoms with E-state index in [9.17, 15) is 0 Å². The van der Waals surface area contributed by atoms with Crippen LogP contribution in [-0.2, 0) is 0 Å². The van der Waals surface area contributed by atoms with Crippen molar-refractivity contribution in [3.63, 3.8) is 0 Å². The average Bonchev–Trinajstić information content (AvgIpc) is 2.14. The van der Waals surface area contributed by atoms with Gasteiger partial charge >= 0.3 is 0 Å². The van der Waals surface area contributed by atoms with Gasteiger partial charge in [0.1, 0.15) is 12.4 Å². The van der Waals surface area contributed by atoms with Crippen molar-refractivity contribution in [1.82, 2.24) is 9.97 Å². The van der Waals surface area contributed by atoms with Gasteiger partial charge in [0, 0.05) is 13.1 Å². The van der Waals surface area contributed by atoms with E-state index in [1.165, 1.54) is 0 Å². The van der Waals surface area contributed by atoms with E-state index in [0.717, 1.165) is 0 Å². The monoisotopic (exact) mass is 180 g/mol. The third-order valence-electron chi connectivity index (χ3n) is 1.33. The van der Waals surface area contributed by atoms with Crippen LogP contribution in [-0.4, -0.2) is 23.6 Å². The van der Waals surface area contributed by atoms with Crippen LogP contribution in [0.2, 0.25) is 0 Å². The number of hydrogen-bond donors (Lipinski definition) is 2. The number of anilines is 2. The van der Waals surface area contributed by atoms with Crippen molar-refractivity contribution >= 4 is 11.8 Å². The fraction of sp³-hybridized carbons (Fsp3) is 0.250. The Morgan fingerprint density at radius 1 is 1.69 bits per heavy atom. The van der Waals surface area contributed by atoms with Crippen molar-refractivity contribution in [3.05, 3.63) is 18.7 Å². The summed E-state index contributed by atoms with van der Waals surface area (Å²) in [5.74, 6) is 1.26. The Labute approximate surface area is 76.6 Å². The third kappa shape index (κ3) is 2.62. The number of nitrogens with two attached hydrogens (primary N) is 1. The molecule has 0 radical (unpaired) electrons. The number of rotatable bonds is 4. The Balaban J connectivity index is 2.81. The molecule has 0 atom stereocenters.